The molecule has 14 heavy (non-hydrogen) atoms. The van der Waals surface area contributed by atoms with Gasteiger partial charge in [0.05, 0.1) is 0 Å². The first kappa shape index (κ1) is 11.4. The van der Waals surface area contributed by atoms with Gasteiger partial charge in [-0.05, 0) is 35.1 Å². The topological polar surface area (TPSA) is 20.2 Å². The van der Waals surface area contributed by atoms with Crippen molar-refractivity contribution in [3.05, 3.63) is 28.3 Å². The van der Waals surface area contributed by atoms with Gasteiger partial charge >= 0.3 is 0 Å². The van der Waals surface area contributed by atoms with Gasteiger partial charge in [0, 0.05) is 5.02 Å². The molecule has 1 rings (SSSR count). The summed E-state index contributed by atoms with van der Waals surface area (Å²) in [5.74, 6) is 0.349. The van der Waals surface area contributed by atoms with Crippen molar-refractivity contribution in [3.63, 3.8) is 0 Å². The summed E-state index contributed by atoms with van der Waals surface area (Å²) >= 11 is 6.15. The number of halogens is 1. The number of hydrogen-bond acceptors (Lipinski definition) is 1. The second-order valence-electron chi connectivity index (χ2n) is 4.56. The molecule has 0 bridgehead atoms. The molecule has 0 fully saturated rings. The molecule has 1 aromatic carbocycles. The number of benzene rings is 1. The van der Waals surface area contributed by atoms with Gasteiger partial charge in [0.15, 0.2) is 0 Å². The minimum Gasteiger partial charge on any atom is -0.508 e. The van der Waals surface area contributed by atoms with E-state index in [4.69, 9.17) is 11.6 Å². The molecule has 78 valence electrons. The zero-order valence-electron chi connectivity index (χ0n) is 9.19. The molecule has 0 saturated carbocycles. The maximum absolute atomic E-state index is 9.72. The normalized spacial score (nSPS) is 11.8. The van der Waals surface area contributed by atoms with Gasteiger partial charge in [-0.3, -0.25) is 0 Å². The fourth-order valence-electron chi connectivity index (χ4n) is 1.46. The number of rotatable bonds is 1. The summed E-state index contributed by atoms with van der Waals surface area (Å²) in [6.07, 6.45) is 0.802. The van der Waals surface area contributed by atoms with Crippen LogP contribution in [0, 0.1) is 0 Å². The quantitative estimate of drug-likeness (QED) is 0.749. The van der Waals surface area contributed by atoms with Crippen LogP contribution >= 0.6 is 11.6 Å². The maximum Gasteiger partial charge on any atom is 0.119 e. The number of hydrogen-bond donors (Lipinski definition) is 1. The molecule has 0 aliphatic carbocycles. The molecule has 0 spiro atoms. The van der Waals surface area contributed by atoms with E-state index in [1.807, 2.05) is 13.0 Å². The van der Waals surface area contributed by atoms with Crippen molar-refractivity contribution in [2.24, 2.45) is 0 Å². The third-order valence-corrected chi connectivity index (χ3v) is 2.67. The van der Waals surface area contributed by atoms with Crippen LogP contribution in [-0.4, -0.2) is 5.11 Å². The van der Waals surface area contributed by atoms with Crippen molar-refractivity contribution in [1.82, 2.24) is 0 Å². The Hall–Kier alpha value is -0.690. The predicted octanol–water partition coefficient (Wildman–Crippen LogP) is 3.91. The van der Waals surface area contributed by atoms with Gasteiger partial charge in [-0.25, -0.2) is 0 Å². The Morgan fingerprint density at radius 2 is 1.86 bits per heavy atom. The van der Waals surface area contributed by atoms with Gasteiger partial charge in [-0.15, -0.1) is 0 Å². The Kier molecular flexibility index (Phi) is 3.10. The Balaban J connectivity index is 3.29. The van der Waals surface area contributed by atoms with E-state index in [1.54, 1.807) is 6.07 Å². The molecule has 0 aliphatic rings. The van der Waals surface area contributed by atoms with Gasteiger partial charge < -0.3 is 5.11 Å². The van der Waals surface area contributed by atoms with Gasteiger partial charge in [0.2, 0.25) is 0 Å². The van der Waals surface area contributed by atoms with Gasteiger partial charge in [0.25, 0.3) is 0 Å². The van der Waals surface area contributed by atoms with E-state index in [0.717, 1.165) is 22.6 Å². The average molecular weight is 213 g/mol. The van der Waals surface area contributed by atoms with Crippen molar-refractivity contribution in [2.75, 3.05) is 0 Å². The van der Waals surface area contributed by atoms with Crippen molar-refractivity contribution >= 4 is 11.6 Å². The molecule has 0 unspecified atom stereocenters. The monoisotopic (exact) mass is 212 g/mol. The summed E-state index contributed by atoms with van der Waals surface area (Å²) in [6, 6.07) is 3.64. The highest BCUT2D eigenvalue weighted by Crippen LogP contribution is 2.34. The lowest BCUT2D eigenvalue weighted by molar-refractivity contribution is 0.464. The van der Waals surface area contributed by atoms with Gasteiger partial charge in [-0.1, -0.05) is 39.3 Å². The second-order valence-corrected chi connectivity index (χ2v) is 4.97. The highest BCUT2D eigenvalue weighted by molar-refractivity contribution is 6.31. The molecular weight excluding hydrogens is 196 g/mol. The summed E-state index contributed by atoms with van der Waals surface area (Å²) in [4.78, 5) is 0. The highest BCUT2D eigenvalue weighted by Gasteiger charge is 2.19. The summed E-state index contributed by atoms with van der Waals surface area (Å²) in [7, 11) is 0. The zero-order chi connectivity index (χ0) is 10.9. The fourth-order valence-corrected chi connectivity index (χ4v) is 1.93. The fraction of sp³-hybridized carbons (Fsp3) is 0.500. The van der Waals surface area contributed by atoms with E-state index >= 15 is 0 Å². The molecule has 1 aromatic rings. The van der Waals surface area contributed by atoms with Crippen molar-refractivity contribution in [2.45, 2.75) is 39.5 Å². The number of aryl methyl sites for hydroxylation is 1. The van der Waals surface area contributed by atoms with Crippen LogP contribution < -0.4 is 0 Å². The lowest BCUT2D eigenvalue weighted by Crippen LogP contribution is -2.12. The number of phenols is 1. The van der Waals surface area contributed by atoms with Crippen molar-refractivity contribution in [1.29, 1.82) is 0 Å². The maximum atomic E-state index is 9.72. The van der Waals surface area contributed by atoms with E-state index in [1.165, 1.54) is 0 Å². The third kappa shape index (κ3) is 2.21. The zero-order valence-corrected chi connectivity index (χ0v) is 9.94. The minimum atomic E-state index is -0.0269. The van der Waals surface area contributed by atoms with E-state index in [0.29, 0.717) is 5.75 Å². The first-order chi connectivity index (χ1) is 6.36. The van der Waals surface area contributed by atoms with E-state index in [9.17, 15) is 5.11 Å². The minimum absolute atomic E-state index is 0.0269. The Morgan fingerprint density at radius 3 is 2.29 bits per heavy atom. The smallest absolute Gasteiger partial charge is 0.119 e. The molecule has 0 aliphatic heterocycles. The lowest BCUT2D eigenvalue weighted by Gasteiger charge is -2.21. The largest absolute Gasteiger partial charge is 0.508 e. The summed E-state index contributed by atoms with van der Waals surface area (Å²) < 4.78 is 0. The molecule has 0 saturated heterocycles. The van der Waals surface area contributed by atoms with Crippen LogP contribution in [-0.2, 0) is 11.8 Å². The SMILES string of the molecule is CCc1cc(Cl)c(C(C)(C)C)cc1O. The summed E-state index contributed by atoms with van der Waals surface area (Å²) in [5, 5.41) is 10.5. The van der Waals surface area contributed by atoms with Crippen LogP contribution in [0.1, 0.15) is 38.8 Å². The predicted molar refractivity (Wildman–Crippen MR) is 61.2 cm³/mol. The highest BCUT2D eigenvalue weighted by atomic mass is 35.5. The second kappa shape index (κ2) is 3.82. The van der Waals surface area contributed by atoms with Gasteiger partial charge in [-0.2, -0.15) is 0 Å². The Bertz CT molecular complexity index is 337. The summed E-state index contributed by atoms with van der Waals surface area (Å²) in [5.41, 5.74) is 1.87. The van der Waals surface area contributed by atoms with Crippen LogP contribution in [0.25, 0.3) is 0 Å². The van der Waals surface area contributed by atoms with Crippen LogP contribution in [0.5, 0.6) is 5.75 Å². The molecule has 0 radical (unpaired) electrons. The molecule has 1 nitrogen and oxygen atoms in total. The van der Waals surface area contributed by atoms with Crippen LogP contribution in [0.2, 0.25) is 5.02 Å². The Morgan fingerprint density at radius 1 is 1.29 bits per heavy atom. The first-order valence-electron chi connectivity index (χ1n) is 4.88. The lowest BCUT2D eigenvalue weighted by atomic mass is 9.86. The van der Waals surface area contributed by atoms with Crippen molar-refractivity contribution in [3.8, 4) is 5.75 Å². The third-order valence-electron chi connectivity index (χ3n) is 2.36. The molecular formula is C12H17ClO. The molecule has 0 aromatic heterocycles. The van der Waals surface area contributed by atoms with E-state index < -0.39 is 0 Å². The summed E-state index contributed by atoms with van der Waals surface area (Å²) in [6.45, 7) is 8.25. The molecule has 0 heterocycles. The van der Waals surface area contributed by atoms with Crippen molar-refractivity contribution < 1.29 is 5.11 Å². The molecule has 2 heteroatoms. The van der Waals surface area contributed by atoms with E-state index in [-0.39, 0.29) is 5.41 Å². The van der Waals surface area contributed by atoms with E-state index in [2.05, 4.69) is 20.8 Å². The first-order valence-corrected chi connectivity index (χ1v) is 5.26. The molecule has 0 atom stereocenters. The van der Waals surface area contributed by atoms with Crippen LogP contribution in [0.4, 0.5) is 0 Å². The van der Waals surface area contributed by atoms with Crippen LogP contribution in [0.3, 0.4) is 0 Å². The number of aromatic hydroxyl groups is 1. The molecule has 0 amide bonds. The average Bonchev–Trinajstić information content (AvgIpc) is 2.06. The molecule has 1 N–H and O–H groups in total. The van der Waals surface area contributed by atoms with Crippen LogP contribution in [0.15, 0.2) is 12.1 Å². The standard InChI is InChI=1S/C12H17ClO/c1-5-8-6-10(13)9(7-11(8)14)12(2,3)4/h6-7,14H,5H2,1-4H3. The number of phenolic OH excluding ortho intramolecular Hbond substituents is 1. The Labute approximate surface area is 90.7 Å². The van der Waals surface area contributed by atoms with Gasteiger partial charge in [0.1, 0.15) is 5.75 Å².